The predicted molar refractivity (Wildman–Crippen MR) is 109 cm³/mol. The van der Waals surface area contributed by atoms with E-state index in [1.807, 2.05) is 0 Å². The topological polar surface area (TPSA) is 48.5 Å². The maximum absolute atomic E-state index is 10.3. The van der Waals surface area contributed by atoms with Gasteiger partial charge in [0.2, 0.25) is 0 Å². The van der Waals surface area contributed by atoms with Gasteiger partial charge in [0.1, 0.15) is 0 Å². The van der Waals surface area contributed by atoms with Crippen LogP contribution in [0.15, 0.2) is 10.2 Å². The molecule has 8 aliphatic rings. The predicted octanol–water partition coefficient (Wildman–Crippen LogP) is 6.40. The summed E-state index contributed by atoms with van der Waals surface area (Å²) in [7, 11) is 0. The Balaban J connectivity index is 1.24. The highest BCUT2D eigenvalue weighted by Crippen LogP contribution is 2.64. The van der Waals surface area contributed by atoms with Crippen molar-refractivity contribution in [1.29, 1.82) is 5.26 Å². The number of azo groups is 1. The van der Waals surface area contributed by atoms with Crippen LogP contribution in [0.2, 0.25) is 0 Å². The summed E-state index contributed by atoms with van der Waals surface area (Å²) in [6.45, 7) is 4.45. The molecule has 0 radical (unpaired) electrons. The molecule has 3 heteroatoms. The summed E-state index contributed by atoms with van der Waals surface area (Å²) in [5.41, 5.74) is -0.493. The van der Waals surface area contributed by atoms with E-state index in [0.717, 1.165) is 47.3 Å². The van der Waals surface area contributed by atoms with E-state index in [1.54, 1.807) is 0 Å². The van der Waals surface area contributed by atoms with Crippen LogP contribution in [-0.4, -0.2) is 11.6 Å². The second-order valence-electron chi connectivity index (χ2n) is 12.3. The van der Waals surface area contributed by atoms with E-state index >= 15 is 0 Å². The third-order valence-corrected chi connectivity index (χ3v) is 10.6. The van der Waals surface area contributed by atoms with Gasteiger partial charge in [0, 0.05) is 5.41 Å². The summed E-state index contributed by atoms with van der Waals surface area (Å²) in [6.07, 6.45) is 15.2. The molecular formula is C25H37N3. The van der Waals surface area contributed by atoms with Crippen molar-refractivity contribution in [3.05, 3.63) is 0 Å². The fourth-order valence-electron chi connectivity index (χ4n) is 9.99. The van der Waals surface area contributed by atoms with E-state index in [4.69, 9.17) is 10.2 Å². The SMILES string of the molecule is CC(N=NC(C)(C#N)C12CC3CC(CC(C3)C1)C2)C1C2CC3CC(C2)CC1C3. The van der Waals surface area contributed by atoms with Crippen molar-refractivity contribution >= 4 is 0 Å². The van der Waals surface area contributed by atoms with Crippen molar-refractivity contribution in [2.75, 3.05) is 0 Å². The molecule has 8 bridgehead atoms. The molecule has 8 aliphatic carbocycles. The highest BCUT2D eigenvalue weighted by molar-refractivity contribution is 5.20. The number of hydrogen-bond donors (Lipinski definition) is 0. The first-order chi connectivity index (χ1) is 13.5. The summed E-state index contributed by atoms with van der Waals surface area (Å²) in [5, 5.41) is 20.2. The number of nitriles is 1. The second kappa shape index (κ2) is 6.05. The van der Waals surface area contributed by atoms with E-state index in [1.165, 1.54) is 70.6 Å². The second-order valence-corrected chi connectivity index (χ2v) is 12.3. The summed E-state index contributed by atoms with van der Waals surface area (Å²) >= 11 is 0. The molecule has 0 spiro atoms. The zero-order valence-corrected chi connectivity index (χ0v) is 17.8. The average molecular weight is 380 g/mol. The minimum Gasteiger partial charge on any atom is -0.196 e. The Bertz CT molecular complexity index is 655. The molecule has 8 fully saturated rings. The molecule has 0 saturated heterocycles. The normalized spacial score (nSPS) is 54.0. The third-order valence-electron chi connectivity index (χ3n) is 10.6. The van der Waals surface area contributed by atoms with E-state index in [-0.39, 0.29) is 5.41 Å². The van der Waals surface area contributed by atoms with Crippen molar-refractivity contribution in [2.24, 2.45) is 63.0 Å². The first-order valence-corrected chi connectivity index (χ1v) is 12.3. The first-order valence-electron chi connectivity index (χ1n) is 12.3. The van der Waals surface area contributed by atoms with Gasteiger partial charge in [-0.1, -0.05) is 0 Å². The zero-order valence-electron chi connectivity index (χ0n) is 17.8. The highest BCUT2D eigenvalue weighted by atomic mass is 15.2. The lowest BCUT2D eigenvalue weighted by atomic mass is 9.45. The van der Waals surface area contributed by atoms with E-state index in [9.17, 15) is 5.26 Å². The van der Waals surface area contributed by atoms with Gasteiger partial charge in [0.25, 0.3) is 0 Å². The molecule has 3 nitrogen and oxygen atoms in total. The molecule has 0 heterocycles. The average Bonchev–Trinajstić information content (AvgIpc) is 2.64. The van der Waals surface area contributed by atoms with E-state index in [0.29, 0.717) is 6.04 Å². The van der Waals surface area contributed by atoms with Gasteiger partial charge in [-0.25, -0.2) is 0 Å². The number of hydrogen-bond acceptors (Lipinski definition) is 3. The van der Waals surface area contributed by atoms with Crippen LogP contribution in [0.3, 0.4) is 0 Å². The molecule has 2 unspecified atom stereocenters. The quantitative estimate of drug-likeness (QED) is 0.521. The van der Waals surface area contributed by atoms with Crippen molar-refractivity contribution in [1.82, 2.24) is 0 Å². The van der Waals surface area contributed by atoms with Gasteiger partial charge in [-0.2, -0.15) is 15.5 Å². The Hall–Kier alpha value is -0.910. The Morgan fingerprint density at radius 1 is 0.821 bits per heavy atom. The van der Waals surface area contributed by atoms with Gasteiger partial charge in [-0.3, -0.25) is 0 Å². The van der Waals surface area contributed by atoms with Crippen LogP contribution in [-0.2, 0) is 0 Å². The minimum absolute atomic E-state index is 0.115. The lowest BCUT2D eigenvalue weighted by Gasteiger charge is -2.60. The molecule has 152 valence electrons. The van der Waals surface area contributed by atoms with Crippen molar-refractivity contribution in [2.45, 2.75) is 96.1 Å². The van der Waals surface area contributed by atoms with Gasteiger partial charge in [0.05, 0.1) is 12.1 Å². The van der Waals surface area contributed by atoms with E-state index < -0.39 is 5.54 Å². The van der Waals surface area contributed by atoms with Crippen LogP contribution in [0, 0.1) is 64.1 Å². The monoisotopic (exact) mass is 379 g/mol. The number of rotatable bonds is 4. The van der Waals surface area contributed by atoms with Crippen LogP contribution in [0.25, 0.3) is 0 Å². The van der Waals surface area contributed by atoms with Crippen LogP contribution in [0.4, 0.5) is 0 Å². The Labute approximate surface area is 170 Å². The Morgan fingerprint density at radius 3 is 1.75 bits per heavy atom. The molecular weight excluding hydrogens is 342 g/mol. The lowest BCUT2D eigenvalue weighted by Crippen LogP contribution is -2.55. The van der Waals surface area contributed by atoms with Gasteiger partial charge in [-0.05, 0) is 132 Å². The molecule has 8 rings (SSSR count). The summed E-state index contributed by atoms with van der Waals surface area (Å²) in [6, 6.07) is 3.00. The summed E-state index contributed by atoms with van der Waals surface area (Å²) in [4.78, 5) is 0. The molecule has 8 saturated carbocycles. The molecule has 0 aromatic heterocycles. The fraction of sp³-hybridized carbons (Fsp3) is 0.960. The largest absolute Gasteiger partial charge is 0.196 e. The molecule has 0 aromatic rings. The van der Waals surface area contributed by atoms with E-state index in [2.05, 4.69) is 19.9 Å². The minimum atomic E-state index is -0.608. The molecule has 28 heavy (non-hydrogen) atoms. The van der Waals surface area contributed by atoms with Crippen molar-refractivity contribution in [3.63, 3.8) is 0 Å². The van der Waals surface area contributed by atoms with Crippen molar-refractivity contribution in [3.8, 4) is 6.07 Å². The molecule has 2 atom stereocenters. The smallest absolute Gasteiger partial charge is 0.170 e. The summed E-state index contributed by atoms with van der Waals surface area (Å²) in [5.74, 6) is 7.11. The summed E-state index contributed by atoms with van der Waals surface area (Å²) < 4.78 is 0. The van der Waals surface area contributed by atoms with Crippen LogP contribution < -0.4 is 0 Å². The lowest BCUT2D eigenvalue weighted by molar-refractivity contribution is -0.0813. The molecule has 0 amide bonds. The maximum Gasteiger partial charge on any atom is 0.170 e. The maximum atomic E-state index is 10.3. The molecule has 0 aromatic carbocycles. The third kappa shape index (κ3) is 2.51. The molecule has 0 aliphatic heterocycles. The van der Waals surface area contributed by atoms with Gasteiger partial charge >= 0.3 is 0 Å². The Morgan fingerprint density at radius 2 is 1.29 bits per heavy atom. The Kier molecular flexibility index (Phi) is 3.87. The van der Waals surface area contributed by atoms with Gasteiger partial charge in [-0.15, -0.1) is 0 Å². The standard InChI is InChI=1S/C25H37N3/c1-15(23-21-7-16-3-17(9-21)10-22(23)8-16)27-28-24(2,14-26)25-11-18-4-19(12-25)6-20(5-18)13-25/h15-23H,3-13H2,1-2H3. The van der Waals surface area contributed by atoms with Gasteiger partial charge < -0.3 is 0 Å². The number of nitrogens with zero attached hydrogens (tertiary/aromatic N) is 3. The highest BCUT2D eigenvalue weighted by Gasteiger charge is 2.60. The van der Waals surface area contributed by atoms with Crippen molar-refractivity contribution < 1.29 is 0 Å². The van der Waals surface area contributed by atoms with Crippen LogP contribution in [0.1, 0.15) is 84.5 Å². The van der Waals surface area contributed by atoms with Crippen LogP contribution >= 0.6 is 0 Å². The first kappa shape index (κ1) is 17.9. The van der Waals surface area contributed by atoms with Crippen LogP contribution in [0.5, 0.6) is 0 Å². The zero-order chi connectivity index (χ0) is 19.1. The molecule has 0 N–H and O–H groups in total. The fourth-order valence-corrected chi connectivity index (χ4v) is 9.99. The van der Waals surface area contributed by atoms with Gasteiger partial charge in [0.15, 0.2) is 5.54 Å².